The molecule has 0 fully saturated rings. The van der Waals surface area contributed by atoms with Gasteiger partial charge in [0.25, 0.3) is 0 Å². The number of hydrogen-bond acceptors (Lipinski definition) is 1. The Kier molecular flexibility index (Phi) is 7.81. The predicted molar refractivity (Wildman–Crippen MR) is 84.0 cm³/mol. The first-order valence-corrected chi connectivity index (χ1v) is 8.64. The van der Waals surface area contributed by atoms with E-state index >= 15 is 0 Å². The molecule has 1 N–H and O–H groups in total. The van der Waals surface area contributed by atoms with Gasteiger partial charge in [-0.15, -0.1) is 23.2 Å². The Morgan fingerprint density at radius 2 is 1.56 bits per heavy atom. The molecule has 6 heteroatoms. The van der Waals surface area contributed by atoms with Gasteiger partial charge >= 0.3 is 0 Å². The summed E-state index contributed by atoms with van der Waals surface area (Å²) in [6.45, 7) is 5.71. The smallest absolute Gasteiger partial charge is 0.0836 e. The van der Waals surface area contributed by atoms with E-state index in [4.69, 9.17) is 23.2 Å². The summed E-state index contributed by atoms with van der Waals surface area (Å²) in [7, 11) is 0. The van der Waals surface area contributed by atoms with Gasteiger partial charge in [-0.1, -0.05) is 47.8 Å². The molecule has 0 amide bonds. The van der Waals surface area contributed by atoms with E-state index in [1.54, 1.807) is 0 Å². The lowest BCUT2D eigenvalue weighted by Gasteiger charge is -2.35. The Labute approximate surface area is 133 Å². The summed E-state index contributed by atoms with van der Waals surface area (Å²) in [5.41, 5.74) is 0. The monoisotopic (exact) mass is 460 g/mol. The normalized spacial score (nSPS) is 22.3. The summed E-state index contributed by atoms with van der Waals surface area (Å²) in [5, 5.41) is 10.3. The van der Waals surface area contributed by atoms with Gasteiger partial charge in [0.05, 0.1) is 15.9 Å². The van der Waals surface area contributed by atoms with Gasteiger partial charge in [-0.25, -0.2) is 0 Å². The fraction of sp³-hybridized carbons (Fsp3) is 1.00. The molecular formula is C10H17Br3Cl2O. The molecule has 0 aromatic rings. The van der Waals surface area contributed by atoms with Crippen molar-refractivity contribution in [1.29, 1.82) is 0 Å². The number of halogens is 5. The van der Waals surface area contributed by atoms with E-state index in [1.165, 1.54) is 0 Å². The van der Waals surface area contributed by atoms with Crippen LogP contribution in [-0.4, -0.2) is 35.9 Å². The molecule has 0 saturated carbocycles. The molecule has 0 aliphatic rings. The second kappa shape index (κ2) is 6.95. The largest absolute Gasteiger partial charge is 0.390 e. The van der Waals surface area contributed by atoms with Crippen LogP contribution in [0.3, 0.4) is 0 Å². The van der Waals surface area contributed by atoms with Crippen LogP contribution in [-0.2, 0) is 0 Å². The van der Waals surface area contributed by atoms with Gasteiger partial charge in [-0.05, 0) is 27.2 Å². The van der Waals surface area contributed by atoms with E-state index in [2.05, 4.69) is 47.8 Å². The lowest BCUT2D eigenvalue weighted by atomic mass is 9.95. The number of aliphatic hydroxyl groups is 1. The van der Waals surface area contributed by atoms with E-state index < -0.39 is 11.0 Å². The van der Waals surface area contributed by atoms with Gasteiger partial charge < -0.3 is 5.11 Å². The maximum atomic E-state index is 9.81. The van der Waals surface area contributed by atoms with E-state index in [9.17, 15) is 5.11 Å². The molecule has 0 aromatic carbocycles. The number of alkyl halides is 5. The molecule has 0 saturated heterocycles. The molecule has 16 heavy (non-hydrogen) atoms. The molecule has 0 aliphatic heterocycles. The third kappa shape index (κ3) is 5.31. The van der Waals surface area contributed by atoms with Crippen molar-refractivity contribution in [2.45, 2.75) is 52.7 Å². The molecule has 0 unspecified atom stereocenters. The first-order chi connectivity index (χ1) is 7.03. The zero-order chi connectivity index (χ0) is 13.1. The van der Waals surface area contributed by atoms with Crippen LogP contribution in [0.2, 0.25) is 0 Å². The molecule has 4 atom stereocenters. The van der Waals surface area contributed by atoms with E-state index in [-0.39, 0.29) is 14.5 Å². The zero-order valence-corrected chi connectivity index (χ0v) is 15.8. The Morgan fingerprint density at radius 1 is 1.12 bits per heavy atom. The first-order valence-electron chi connectivity index (χ1n) is 4.93. The summed E-state index contributed by atoms with van der Waals surface area (Å²) < 4.78 is 0. The first kappa shape index (κ1) is 18.0. The van der Waals surface area contributed by atoms with Crippen molar-refractivity contribution in [3.05, 3.63) is 0 Å². The quantitative estimate of drug-likeness (QED) is 0.567. The Morgan fingerprint density at radius 3 is 1.88 bits per heavy atom. The summed E-state index contributed by atoms with van der Waals surface area (Å²) in [5.74, 6) is 0. The van der Waals surface area contributed by atoms with Crippen LogP contribution < -0.4 is 0 Å². The minimum Gasteiger partial charge on any atom is -0.390 e. The topological polar surface area (TPSA) is 20.2 Å². The Hall–Kier alpha value is 1.98. The maximum absolute atomic E-state index is 9.81. The van der Waals surface area contributed by atoms with Crippen LogP contribution in [0.5, 0.6) is 0 Å². The predicted octanol–water partition coefficient (Wildman–Crippen LogP) is 4.67. The van der Waals surface area contributed by atoms with E-state index in [1.807, 2.05) is 20.8 Å². The van der Waals surface area contributed by atoms with Crippen LogP contribution in [0.25, 0.3) is 0 Å². The molecule has 0 rings (SSSR count). The number of rotatable bonds is 6. The molecule has 0 radical (unpaired) electrons. The van der Waals surface area contributed by atoms with Gasteiger partial charge in [0.1, 0.15) is 0 Å². The average molecular weight is 464 g/mol. The fourth-order valence-corrected chi connectivity index (χ4v) is 3.72. The summed E-state index contributed by atoms with van der Waals surface area (Å²) in [6, 6.07) is 0. The highest BCUT2D eigenvalue weighted by Gasteiger charge is 2.40. The van der Waals surface area contributed by atoms with Crippen LogP contribution in [0.15, 0.2) is 0 Å². The third-order valence-electron chi connectivity index (χ3n) is 2.57. The third-order valence-corrected chi connectivity index (χ3v) is 7.33. The number of hydrogen-bond donors (Lipinski definition) is 1. The van der Waals surface area contributed by atoms with E-state index in [0.29, 0.717) is 5.33 Å². The summed E-state index contributed by atoms with van der Waals surface area (Å²) >= 11 is 22.9. The maximum Gasteiger partial charge on any atom is 0.0836 e. The Balaban J connectivity index is 4.52. The van der Waals surface area contributed by atoms with Crippen LogP contribution in [0.4, 0.5) is 0 Å². The van der Waals surface area contributed by atoms with Crippen LogP contribution >= 0.6 is 71.0 Å². The van der Waals surface area contributed by atoms with Gasteiger partial charge in [0, 0.05) is 15.0 Å². The minimum absolute atomic E-state index is 0.0309. The Bertz CT molecular complexity index is 219. The minimum atomic E-state index is -0.725. The second-order valence-corrected chi connectivity index (χ2v) is 9.20. The van der Waals surface area contributed by atoms with Gasteiger partial charge in [0.15, 0.2) is 0 Å². The summed E-state index contributed by atoms with van der Waals surface area (Å²) in [4.78, 5) is -0.987. The van der Waals surface area contributed by atoms with Crippen molar-refractivity contribution in [3.63, 3.8) is 0 Å². The standard InChI is InChI=1S/C10H17Br3Cl2O/c1-9(2,14)6(12)4-7(13)10(3,15)8(16)5-11/h6-8,16H,4-5H2,1-3H3/t6-,7+,8-,10+/m1/s1. The lowest BCUT2D eigenvalue weighted by molar-refractivity contribution is 0.153. The molecule has 98 valence electrons. The molecule has 0 bridgehead atoms. The number of aliphatic hydroxyl groups excluding tert-OH is 1. The zero-order valence-electron chi connectivity index (χ0n) is 9.48. The molecule has 1 nitrogen and oxygen atoms in total. The van der Waals surface area contributed by atoms with Gasteiger partial charge in [-0.3, -0.25) is 0 Å². The van der Waals surface area contributed by atoms with Crippen molar-refractivity contribution in [2.24, 2.45) is 0 Å². The highest BCUT2D eigenvalue weighted by molar-refractivity contribution is 9.10. The van der Waals surface area contributed by atoms with Crippen molar-refractivity contribution < 1.29 is 5.11 Å². The van der Waals surface area contributed by atoms with Gasteiger partial charge in [0.2, 0.25) is 0 Å². The molecule has 0 heterocycles. The highest BCUT2D eigenvalue weighted by atomic mass is 79.9. The SMILES string of the molecule is CC(C)(Cl)[C@H](Br)C[C@H](Br)[C@](C)(Cl)[C@H](O)CBr. The summed E-state index contributed by atoms with van der Waals surface area (Å²) in [6.07, 6.45) is 0.122. The van der Waals surface area contributed by atoms with Crippen molar-refractivity contribution >= 4 is 71.0 Å². The van der Waals surface area contributed by atoms with Crippen LogP contribution in [0, 0.1) is 0 Å². The molecule has 0 spiro atoms. The van der Waals surface area contributed by atoms with Crippen molar-refractivity contribution in [1.82, 2.24) is 0 Å². The van der Waals surface area contributed by atoms with Crippen LogP contribution in [0.1, 0.15) is 27.2 Å². The molecule has 0 aromatic heterocycles. The fourth-order valence-electron chi connectivity index (χ4n) is 1.05. The molecular weight excluding hydrogens is 447 g/mol. The van der Waals surface area contributed by atoms with Crippen molar-refractivity contribution in [3.8, 4) is 0 Å². The second-order valence-electron chi connectivity index (χ2n) is 4.56. The molecule has 0 aliphatic carbocycles. The van der Waals surface area contributed by atoms with Gasteiger partial charge in [-0.2, -0.15) is 0 Å². The lowest BCUT2D eigenvalue weighted by Crippen LogP contribution is -2.45. The average Bonchev–Trinajstić information content (AvgIpc) is 2.14. The van der Waals surface area contributed by atoms with E-state index in [0.717, 1.165) is 6.42 Å². The van der Waals surface area contributed by atoms with Crippen molar-refractivity contribution in [2.75, 3.05) is 5.33 Å². The highest BCUT2D eigenvalue weighted by Crippen LogP contribution is 2.38.